The van der Waals surface area contributed by atoms with Crippen molar-refractivity contribution in [3.63, 3.8) is 0 Å². The maximum Gasteiger partial charge on any atom is 0.228 e. The Morgan fingerprint density at radius 1 is 1.18 bits per heavy atom. The van der Waals surface area contributed by atoms with Crippen LogP contribution in [-0.2, 0) is 16.1 Å². The number of rotatable bonds is 4. The Morgan fingerprint density at radius 3 is 2.79 bits per heavy atom. The minimum absolute atomic E-state index is 0.0472. The first kappa shape index (κ1) is 18.7. The molecular weight excluding hydrogens is 350 g/mol. The average Bonchev–Trinajstić information content (AvgIpc) is 3.32. The summed E-state index contributed by atoms with van der Waals surface area (Å²) in [5.74, 6) is -0.0770. The lowest BCUT2D eigenvalue weighted by Crippen LogP contribution is -2.37. The van der Waals surface area contributed by atoms with Gasteiger partial charge in [-0.2, -0.15) is 0 Å². The Balaban J connectivity index is 1.46. The molecule has 1 aromatic heterocycles. The average molecular weight is 377 g/mol. The van der Waals surface area contributed by atoms with Gasteiger partial charge >= 0.3 is 0 Å². The van der Waals surface area contributed by atoms with Gasteiger partial charge in [-0.05, 0) is 55.5 Å². The highest BCUT2D eigenvalue weighted by atomic mass is 16.2. The standard InChI is InChI=1S/C23H27N3O2/c1-16-8-9-18(12-17(16)2)21-7-5-11-26(21)23(28)19-13-22(27)25(14-19)15-20-6-3-4-10-24-20/h3-4,6,8-10,12,19,21H,5,7,11,13-15H2,1-2H3/t19-,21-/m1/s1. The third-order valence-electron chi connectivity index (χ3n) is 6.09. The van der Waals surface area contributed by atoms with Crippen molar-refractivity contribution >= 4 is 11.8 Å². The molecule has 5 heteroatoms. The number of pyridine rings is 1. The smallest absolute Gasteiger partial charge is 0.228 e. The second kappa shape index (κ2) is 7.74. The number of likely N-dealkylation sites (tertiary alicyclic amines) is 2. The molecule has 2 atom stereocenters. The number of hydrogen-bond acceptors (Lipinski definition) is 3. The van der Waals surface area contributed by atoms with Crippen molar-refractivity contribution in [2.75, 3.05) is 13.1 Å². The molecule has 2 aliphatic heterocycles. The van der Waals surface area contributed by atoms with Gasteiger partial charge in [-0.25, -0.2) is 0 Å². The van der Waals surface area contributed by atoms with Gasteiger partial charge in [-0.3, -0.25) is 14.6 Å². The fraction of sp³-hybridized carbons (Fsp3) is 0.435. The predicted octanol–water partition coefficient (Wildman–Crippen LogP) is 3.41. The van der Waals surface area contributed by atoms with E-state index in [9.17, 15) is 9.59 Å². The van der Waals surface area contributed by atoms with Crippen molar-refractivity contribution in [3.8, 4) is 0 Å². The maximum absolute atomic E-state index is 13.3. The maximum atomic E-state index is 13.3. The van der Waals surface area contributed by atoms with Crippen LogP contribution >= 0.6 is 0 Å². The summed E-state index contributed by atoms with van der Waals surface area (Å²) < 4.78 is 0. The van der Waals surface area contributed by atoms with Crippen molar-refractivity contribution in [1.82, 2.24) is 14.8 Å². The molecule has 146 valence electrons. The molecule has 2 aromatic rings. The summed E-state index contributed by atoms with van der Waals surface area (Å²) in [6.45, 7) is 5.97. The molecule has 2 fully saturated rings. The summed E-state index contributed by atoms with van der Waals surface area (Å²) in [6, 6.07) is 12.3. The summed E-state index contributed by atoms with van der Waals surface area (Å²) >= 11 is 0. The van der Waals surface area contributed by atoms with E-state index in [1.807, 2.05) is 23.1 Å². The predicted molar refractivity (Wildman–Crippen MR) is 107 cm³/mol. The normalized spacial score (nSPS) is 22.1. The lowest BCUT2D eigenvalue weighted by molar-refractivity contribution is -0.136. The molecule has 28 heavy (non-hydrogen) atoms. The first-order valence-electron chi connectivity index (χ1n) is 10.1. The largest absolute Gasteiger partial charge is 0.336 e. The van der Waals surface area contributed by atoms with Crippen LogP contribution in [0.15, 0.2) is 42.6 Å². The van der Waals surface area contributed by atoms with Gasteiger partial charge in [-0.1, -0.05) is 24.3 Å². The summed E-state index contributed by atoms with van der Waals surface area (Å²) in [4.78, 5) is 33.8. The van der Waals surface area contributed by atoms with Crippen molar-refractivity contribution in [2.45, 2.75) is 45.7 Å². The number of nitrogens with zero attached hydrogens (tertiary/aromatic N) is 3. The van der Waals surface area contributed by atoms with Crippen LogP contribution in [0, 0.1) is 19.8 Å². The highest BCUT2D eigenvalue weighted by Gasteiger charge is 2.40. The van der Waals surface area contributed by atoms with Crippen molar-refractivity contribution < 1.29 is 9.59 Å². The van der Waals surface area contributed by atoms with E-state index in [2.05, 4.69) is 37.0 Å². The molecule has 2 amide bonds. The van der Waals surface area contributed by atoms with Crippen molar-refractivity contribution in [3.05, 3.63) is 65.0 Å². The molecule has 1 aromatic carbocycles. The van der Waals surface area contributed by atoms with Gasteiger partial charge < -0.3 is 9.80 Å². The lowest BCUT2D eigenvalue weighted by atomic mass is 9.98. The number of aryl methyl sites for hydroxylation is 2. The Labute approximate surface area is 166 Å². The summed E-state index contributed by atoms with van der Waals surface area (Å²) in [5.41, 5.74) is 4.60. The van der Waals surface area contributed by atoms with Gasteiger partial charge in [0.2, 0.25) is 11.8 Å². The highest BCUT2D eigenvalue weighted by Crippen LogP contribution is 2.35. The zero-order valence-electron chi connectivity index (χ0n) is 16.6. The molecule has 0 N–H and O–H groups in total. The number of carbonyl (C=O) groups is 2. The molecule has 2 saturated heterocycles. The van der Waals surface area contributed by atoms with E-state index < -0.39 is 0 Å². The minimum atomic E-state index is -0.247. The van der Waals surface area contributed by atoms with Gasteiger partial charge in [0.25, 0.3) is 0 Å². The van der Waals surface area contributed by atoms with Crippen LogP contribution in [-0.4, -0.2) is 39.7 Å². The van der Waals surface area contributed by atoms with E-state index in [0.717, 1.165) is 25.1 Å². The van der Waals surface area contributed by atoms with Crippen molar-refractivity contribution in [2.24, 2.45) is 5.92 Å². The monoisotopic (exact) mass is 377 g/mol. The number of amides is 2. The zero-order valence-corrected chi connectivity index (χ0v) is 16.6. The number of carbonyl (C=O) groups excluding carboxylic acids is 2. The van der Waals surface area contributed by atoms with Gasteiger partial charge in [0.15, 0.2) is 0 Å². The van der Waals surface area contributed by atoms with Crippen LogP contribution in [0.5, 0.6) is 0 Å². The van der Waals surface area contributed by atoms with E-state index in [4.69, 9.17) is 0 Å². The Hall–Kier alpha value is -2.69. The van der Waals surface area contributed by atoms with Gasteiger partial charge in [-0.15, -0.1) is 0 Å². The van der Waals surface area contributed by atoms with Gasteiger partial charge in [0.1, 0.15) is 0 Å². The zero-order chi connectivity index (χ0) is 19.7. The van der Waals surface area contributed by atoms with E-state index in [1.54, 1.807) is 11.1 Å². The van der Waals surface area contributed by atoms with Crippen LogP contribution in [0.2, 0.25) is 0 Å². The van der Waals surface area contributed by atoms with E-state index in [-0.39, 0.29) is 23.8 Å². The Bertz CT molecular complexity index is 881. The highest BCUT2D eigenvalue weighted by molar-refractivity contribution is 5.89. The molecule has 4 rings (SSSR count). The second-order valence-corrected chi connectivity index (χ2v) is 8.03. The van der Waals surface area contributed by atoms with Gasteiger partial charge in [0.05, 0.1) is 24.2 Å². The van der Waals surface area contributed by atoms with Gasteiger partial charge in [0, 0.05) is 25.7 Å². The molecule has 0 saturated carbocycles. The fourth-order valence-electron chi connectivity index (χ4n) is 4.36. The quantitative estimate of drug-likeness (QED) is 0.820. The summed E-state index contributed by atoms with van der Waals surface area (Å²) in [6.07, 6.45) is 4.05. The third kappa shape index (κ3) is 3.66. The molecule has 3 heterocycles. The van der Waals surface area contributed by atoms with Crippen LogP contribution in [0.25, 0.3) is 0 Å². The molecule has 0 radical (unpaired) electrons. The topological polar surface area (TPSA) is 53.5 Å². The molecule has 5 nitrogen and oxygen atoms in total. The Kier molecular flexibility index (Phi) is 5.16. The summed E-state index contributed by atoms with van der Waals surface area (Å²) in [7, 11) is 0. The number of benzene rings is 1. The SMILES string of the molecule is Cc1ccc([C@H]2CCCN2C(=O)[C@@H]2CC(=O)N(Cc3ccccn3)C2)cc1C. The minimum Gasteiger partial charge on any atom is -0.336 e. The van der Waals surface area contributed by atoms with Crippen LogP contribution in [0.1, 0.15) is 47.7 Å². The Morgan fingerprint density at radius 2 is 2.04 bits per heavy atom. The molecule has 0 unspecified atom stereocenters. The summed E-state index contributed by atoms with van der Waals surface area (Å²) in [5, 5.41) is 0. The molecular formula is C23H27N3O2. The van der Waals surface area contributed by atoms with E-state index in [1.165, 1.54) is 16.7 Å². The van der Waals surface area contributed by atoms with Crippen LogP contribution in [0.4, 0.5) is 0 Å². The molecule has 0 spiro atoms. The third-order valence-corrected chi connectivity index (χ3v) is 6.09. The molecule has 0 bridgehead atoms. The fourth-order valence-corrected chi connectivity index (χ4v) is 4.36. The van der Waals surface area contributed by atoms with E-state index in [0.29, 0.717) is 19.5 Å². The molecule has 0 aliphatic carbocycles. The molecule has 2 aliphatic rings. The van der Waals surface area contributed by atoms with E-state index >= 15 is 0 Å². The number of aromatic nitrogens is 1. The van der Waals surface area contributed by atoms with Crippen molar-refractivity contribution in [1.29, 1.82) is 0 Å². The van der Waals surface area contributed by atoms with Crippen LogP contribution < -0.4 is 0 Å². The lowest BCUT2D eigenvalue weighted by Gasteiger charge is -2.28. The second-order valence-electron chi connectivity index (χ2n) is 8.03. The van der Waals surface area contributed by atoms with Crippen LogP contribution in [0.3, 0.4) is 0 Å². The number of hydrogen-bond donors (Lipinski definition) is 0. The first-order valence-corrected chi connectivity index (χ1v) is 10.1. The first-order chi connectivity index (χ1) is 13.5.